The third kappa shape index (κ3) is 2.77. The van der Waals surface area contributed by atoms with Crippen LogP contribution in [0.5, 0.6) is 0 Å². The van der Waals surface area contributed by atoms with E-state index < -0.39 is 0 Å². The topological polar surface area (TPSA) is 58.4 Å². The molecule has 1 N–H and O–H groups in total. The van der Waals surface area contributed by atoms with Crippen LogP contribution in [-0.4, -0.2) is 31.5 Å². The van der Waals surface area contributed by atoms with Gasteiger partial charge in [0.25, 0.3) is 6.01 Å². The maximum absolute atomic E-state index is 9.06. The first-order valence-corrected chi connectivity index (χ1v) is 4.14. The molecule has 1 aliphatic rings. The Hall–Kier alpha value is -1.52. The quantitative estimate of drug-likeness (QED) is 0.667. The Balaban J connectivity index is 0.000000184. The van der Waals surface area contributed by atoms with Crippen molar-refractivity contribution in [3.05, 3.63) is 12.5 Å². The predicted molar refractivity (Wildman–Crippen MR) is 48.5 cm³/mol. The molecular weight excluding hydrogens is 170 g/mol. The number of oxazole rings is 1. The fourth-order valence-corrected chi connectivity index (χ4v) is 0.880. The second-order valence-corrected chi connectivity index (χ2v) is 2.56. The zero-order valence-corrected chi connectivity index (χ0v) is 7.56. The second kappa shape index (κ2) is 5.18. The molecule has 0 atom stereocenters. The Bertz CT molecular complexity index is 232. The van der Waals surface area contributed by atoms with Gasteiger partial charge in [-0.2, -0.15) is 0 Å². The molecule has 0 radical (unpaired) electrons. The van der Waals surface area contributed by atoms with Gasteiger partial charge < -0.3 is 14.6 Å². The number of nitrogens with one attached hydrogen (secondary N) is 1. The van der Waals surface area contributed by atoms with E-state index in [-0.39, 0.29) is 0 Å². The molecule has 0 aromatic carbocycles. The zero-order chi connectivity index (χ0) is 9.52. The van der Waals surface area contributed by atoms with Crippen LogP contribution in [0.1, 0.15) is 6.42 Å². The largest absolute Gasteiger partial charge is 0.432 e. The molecular formula is C8H13N3O2. The average molecular weight is 183 g/mol. The molecule has 1 fully saturated rings. The van der Waals surface area contributed by atoms with Crippen molar-refractivity contribution in [3.63, 3.8) is 0 Å². The van der Waals surface area contributed by atoms with E-state index in [2.05, 4.69) is 15.2 Å². The van der Waals surface area contributed by atoms with Crippen LogP contribution in [0.4, 0.5) is 6.01 Å². The predicted octanol–water partition coefficient (Wildman–Crippen LogP) is 0.247. The van der Waals surface area contributed by atoms with Gasteiger partial charge in [-0.25, -0.2) is 4.98 Å². The van der Waals surface area contributed by atoms with E-state index in [4.69, 9.17) is 9.21 Å². The van der Waals surface area contributed by atoms with E-state index in [1.807, 2.05) is 0 Å². The summed E-state index contributed by atoms with van der Waals surface area (Å²) < 4.78 is 5.05. The molecule has 0 aliphatic carbocycles. The van der Waals surface area contributed by atoms with E-state index in [0.29, 0.717) is 6.41 Å². The van der Waals surface area contributed by atoms with Crippen molar-refractivity contribution >= 4 is 12.4 Å². The summed E-state index contributed by atoms with van der Waals surface area (Å²) in [5.74, 6) is 0. The number of rotatable bonds is 2. The molecule has 1 aromatic heterocycles. The van der Waals surface area contributed by atoms with Gasteiger partial charge in [0.2, 0.25) is 6.41 Å². The summed E-state index contributed by atoms with van der Waals surface area (Å²) in [6, 6.07) is 0.765. The molecule has 0 saturated carbocycles. The van der Waals surface area contributed by atoms with E-state index >= 15 is 0 Å². The fourth-order valence-electron chi connectivity index (χ4n) is 0.880. The molecule has 1 aliphatic heterocycles. The van der Waals surface area contributed by atoms with Crippen molar-refractivity contribution in [1.29, 1.82) is 0 Å². The van der Waals surface area contributed by atoms with Crippen molar-refractivity contribution in [2.75, 3.05) is 25.0 Å². The van der Waals surface area contributed by atoms with Crippen LogP contribution in [0.25, 0.3) is 0 Å². The zero-order valence-electron chi connectivity index (χ0n) is 7.56. The van der Waals surface area contributed by atoms with Crippen molar-refractivity contribution in [2.24, 2.45) is 0 Å². The minimum absolute atomic E-state index is 0.625. The summed E-state index contributed by atoms with van der Waals surface area (Å²) in [7, 11) is 1.56. The van der Waals surface area contributed by atoms with Gasteiger partial charge in [-0.1, -0.05) is 0 Å². The van der Waals surface area contributed by atoms with Crippen molar-refractivity contribution in [2.45, 2.75) is 6.42 Å². The molecule has 0 unspecified atom stereocenters. The molecule has 1 amide bonds. The summed E-state index contributed by atoms with van der Waals surface area (Å²) in [4.78, 5) is 15.2. The maximum atomic E-state index is 9.06. The third-order valence-corrected chi connectivity index (χ3v) is 1.66. The van der Waals surface area contributed by atoms with E-state index in [1.54, 1.807) is 19.5 Å². The van der Waals surface area contributed by atoms with Crippen LogP contribution >= 0.6 is 0 Å². The van der Waals surface area contributed by atoms with Gasteiger partial charge in [-0.05, 0) is 6.42 Å². The van der Waals surface area contributed by atoms with Gasteiger partial charge in [0.1, 0.15) is 6.26 Å². The summed E-state index contributed by atoms with van der Waals surface area (Å²) in [6.45, 7) is 2.20. The first kappa shape index (κ1) is 9.57. The molecule has 1 aromatic rings. The Kier molecular flexibility index (Phi) is 3.81. The van der Waals surface area contributed by atoms with Crippen molar-refractivity contribution < 1.29 is 9.21 Å². The highest BCUT2D eigenvalue weighted by molar-refractivity contribution is 5.44. The molecule has 72 valence electrons. The first-order valence-electron chi connectivity index (χ1n) is 4.14. The van der Waals surface area contributed by atoms with Crippen molar-refractivity contribution in [3.8, 4) is 0 Å². The van der Waals surface area contributed by atoms with Crippen LogP contribution in [0.15, 0.2) is 16.9 Å². The average Bonchev–Trinajstić information content (AvgIpc) is 2.55. The minimum atomic E-state index is 0.625. The fraction of sp³-hybridized carbons (Fsp3) is 0.500. The molecule has 0 spiro atoms. The number of anilines is 1. The lowest BCUT2D eigenvalue weighted by Gasteiger charge is -2.28. The Morgan fingerprint density at radius 3 is 2.69 bits per heavy atom. The summed E-state index contributed by atoms with van der Waals surface area (Å²) in [5, 5.41) is 2.25. The monoisotopic (exact) mass is 183 g/mol. The highest BCUT2D eigenvalue weighted by Crippen LogP contribution is 2.16. The van der Waals surface area contributed by atoms with Crippen LogP contribution < -0.4 is 10.2 Å². The lowest BCUT2D eigenvalue weighted by atomic mass is 10.2. The number of hydrogen-bond donors (Lipinski definition) is 1. The number of aromatic nitrogens is 1. The highest BCUT2D eigenvalue weighted by Gasteiger charge is 2.17. The number of hydrogen-bond acceptors (Lipinski definition) is 4. The number of nitrogens with zero attached hydrogens (tertiary/aromatic N) is 2. The Morgan fingerprint density at radius 1 is 1.69 bits per heavy atom. The number of amides is 1. The lowest BCUT2D eigenvalue weighted by Crippen LogP contribution is -2.37. The van der Waals surface area contributed by atoms with Gasteiger partial charge >= 0.3 is 0 Å². The standard InChI is InChI=1S/C6H8N2O.C2H5NO/c1-3-8(4-1)6-7-2-5-9-6;1-3-2-4/h2,5H,1,3-4H2;2H,1H3,(H,3,4). The number of carbonyl (C=O) groups is 1. The molecule has 1 saturated heterocycles. The van der Waals surface area contributed by atoms with E-state index in [1.165, 1.54) is 6.42 Å². The SMILES string of the molecule is CNC=O.c1coc(N2CCC2)n1. The van der Waals surface area contributed by atoms with E-state index in [9.17, 15) is 0 Å². The van der Waals surface area contributed by atoms with E-state index in [0.717, 1.165) is 19.1 Å². The van der Waals surface area contributed by atoms with Crippen LogP contribution in [0, 0.1) is 0 Å². The molecule has 0 bridgehead atoms. The van der Waals surface area contributed by atoms with Crippen LogP contribution in [0.2, 0.25) is 0 Å². The van der Waals surface area contributed by atoms with Crippen molar-refractivity contribution in [1.82, 2.24) is 10.3 Å². The second-order valence-electron chi connectivity index (χ2n) is 2.56. The Labute approximate surface area is 76.7 Å². The van der Waals surface area contributed by atoms with Crippen LogP contribution in [-0.2, 0) is 4.79 Å². The first-order chi connectivity index (χ1) is 6.38. The van der Waals surface area contributed by atoms with Gasteiger partial charge in [-0.15, -0.1) is 0 Å². The third-order valence-electron chi connectivity index (χ3n) is 1.66. The van der Waals surface area contributed by atoms with Crippen LogP contribution in [0.3, 0.4) is 0 Å². The minimum Gasteiger partial charge on any atom is -0.432 e. The summed E-state index contributed by atoms with van der Waals surface area (Å²) in [5.41, 5.74) is 0. The van der Waals surface area contributed by atoms with Gasteiger partial charge in [0.05, 0.1) is 6.20 Å². The maximum Gasteiger partial charge on any atom is 0.297 e. The van der Waals surface area contributed by atoms with Gasteiger partial charge in [0.15, 0.2) is 0 Å². The highest BCUT2D eigenvalue weighted by atomic mass is 16.4. The summed E-state index contributed by atoms with van der Waals surface area (Å²) in [6.07, 6.45) is 5.17. The van der Waals surface area contributed by atoms with Gasteiger partial charge in [0, 0.05) is 20.1 Å². The Morgan fingerprint density at radius 2 is 2.38 bits per heavy atom. The molecule has 2 rings (SSSR count). The lowest BCUT2D eigenvalue weighted by molar-refractivity contribution is -0.109. The molecule has 5 heteroatoms. The molecule has 2 heterocycles. The molecule has 5 nitrogen and oxygen atoms in total. The number of carbonyl (C=O) groups excluding carboxylic acids is 1. The normalized spacial score (nSPS) is 13.8. The summed E-state index contributed by atoms with van der Waals surface area (Å²) >= 11 is 0. The van der Waals surface area contributed by atoms with Gasteiger partial charge in [-0.3, -0.25) is 4.79 Å². The molecule has 13 heavy (non-hydrogen) atoms. The smallest absolute Gasteiger partial charge is 0.297 e.